The number of aryl methyl sites for hydroxylation is 2. The topological polar surface area (TPSA) is 67.8 Å². The number of H-pyrrole nitrogens is 1. The second-order valence-electron chi connectivity index (χ2n) is 5.34. The molecule has 0 unspecified atom stereocenters. The van der Waals surface area contributed by atoms with Crippen LogP contribution in [0.2, 0.25) is 0 Å². The van der Waals surface area contributed by atoms with Crippen molar-refractivity contribution in [3.63, 3.8) is 0 Å². The number of nitrogens with two attached hydrogens (primary N) is 1. The summed E-state index contributed by atoms with van der Waals surface area (Å²) in [5, 5.41) is 0. The molecule has 4 nitrogen and oxygen atoms in total. The number of rotatable bonds is 2. The highest BCUT2D eigenvalue weighted by molar-refractivity contribution is 5.61. The summed E-state index contributed by atoms with van der Waals surface area (Å²) >= 11 is 0. The largest absolute Gasteiger partial charge is 0.466 e. The zero-order chi connectivity index (χ0) is 12.8. The highest BCUT2D eigenvalue weighted by Crippen LogP contribution is 2.36. The molecule has 0 saturated heterocycles. The van der Waals surface area contributed by atoms with E-state index in [1.54, 1.807) is 0 Å². The molecule has 3 rings (SSSR count). The summed E-state index contributed by atoms with van der Waals surface area (Å²) in [5.41, 5.74) is 8.21. The summed E-state index contributed by atoms with van der Waals surface area (Å²) in [7, 11) is 0. The van der Waals surface area contributed by atoms with E-state index < -0.39 is 0 Å². The lowest BCUT2D eigenvalue weighted by Gasteiger charge is -2.20. The van der Waals surface area contributed by atoms with Crippen LogP contribution < -0.4 is 5.73 Å². The molecule has 0 spiro atoms. The Kier molecular flexibility index (Phi) is 2.55. The zero-order valence-electron chi connectivity index (χ0n) is 10.9. The van der Waals surface area contributed by atoms with Crippen LogP contribution in [-0.2, 0) is 5.54 Å². The molecule has 0 atom stereocenters. The Morgan fingerprint density at radius 3 is 2.67 bits per heavy atom. The Labute approximate surface area is 107 Å². The fraction of sp³-hybridized carbons (Fsp3) is 0.500. The summed E-state index contributed by atoms with van der Waals surface area (Å²) in [4.78, 5) is 7.84. The lowest BCUT2D eigenvalue weighted by Crippen LogP contribution is -2.34. The summed E-state index contributed by atoms with van der Waals surface area (Å²) in [5.74, 6) is 2.75. The second-order valence-corrected chi connectivity index (χ2v) is 5.34. The molecule has 0 amide bonds. The molecule has 1 aliphatic carbocycles. The summed E-state index contributed by atoms with van der Waals surface area (Å²) in [6, 6.07) is 2.03. The van der Waals surface area contributed by atoms with E-state index in [-0.39, 0.29) is 5.54 Å². The van der Waals surface area contributed by atoms with Gasteiger partial charge in [0, 0.05) is 5.56 Å². The van der Waals surface area contributed by atoms with E-state index in [4.69, 9.17) is 10.2 Å². The summed E-state index contributed by atoms with van der Waals surface area (Å²) < 4.78 is 5.55. The fourth-order valence-corrected chi connectivity index (χ4v) is 2.85. The van der Waals surface area contributed by atoms with Gasteiger partial charge in [-0.05, 0) is 32.8 Å². The van der Waals surface area contributed by atoms with Gasteiger partial charge in [-0.15, -0.1) is 0 Å². The lowest BCUT2D eigenvalue weighted by molar-refractivity contribution is 0.436. The van der Waals surface area contributed by atoms with E-state index in [2.05, 4.69) is 9.97 Å². The number of nitrogens with one attached hydrogen (secondary N) is 1. The minimum atomic E-state index is -0.259. The van der Waals surface area contributed by atoms with Crippen LogP contribution in [0.4, 0.5) is 0 Å². The molecule has 1 saturated carbocycles. The first-order valence-electron chi connectivity index (χ1n) is 6.50. The Morgan fingerprint density at radius 2 is 2.06 bits per heavy atom. The fourth-order valence-electron chi connectivity index (χ4n) is 2.85. The van der Waals surface area contributed by atoms with Gasteiger partial charge in [0.25, 0.3) is 0 Å². The van der Waals surface area contributed by atoms with Crippen molar-refractivity contribution in [3.05, 3.63) is 29.6 Å². The number of furan rings is 1. The molecular weight excluding hydrogens is 226 g/mol. The maximum atomic E-state index is 6.40. The van der Waals surface area contributed by atoms with Crippen LogP contribution in [0.1, 0.15) is 43.0 Å². The third kappa shape index (κ3) is 1.77. The molecule has 2 aromatic heterocycles. The van der Waals surface area contributed by atoms with Crippen molar-refractivity contribution in [2.75, 3.05) is 0 Å². The predicted molar refractivity (Wildman–Crippen MR) is 70.1 cm³/mol. The van der Waals surface area contributed by atoms with Crippen molar-refractivity contribution >= 4 is 0 Å². The highest BCUT2D eigenvalue weighted by atomic mass is 16.3. The summed E-state index contributed by atoms with van der Waals surface area (Å²) in [6.07, 6.45) is 6.28. The molecule has 0 aliphatic heterocycles. The minimum absolute atomic E-state index is 0.259. The first-order valence-corrected chi connectivity index (χ1v) is 6.50. The van der Waals surface area contributed by atoms with Gasteiger partial charge < -0.3 is 15.1 Å². The van der Waals surface area contributed by atoms with Crippen molar-refractivity contribution < 1.29 is 4.42 Å². The van der Waals surface area contributed by atoms with Crippen LogP contribution in [0, 0.1) is 13.8 Å². The van der Waals surface area contributed by atoms with Crippen LogP contribution in [-0.4, -0.2) is 9.97 Å². The van der Waals surface area contributed by atoms with Crippen LogP contribution >= 0.6 is 0 Å². The average molecular weight is 245 g/mol. The van der Waals surface area contributed by atoms with Crippen molar-refractivity contribution in [2.24, 2.45) is 5.73 Å². The standard InChI is InChI=1S/C14H19N3O/c1-9-7-11(10(2)18-9)12-8-16-13(17-12)14(15)5-3-4-6-14/h7-8H,3-6,15H2,1-2H3,(H,16,17). The SMILES string of the molecule is Cc1cc(-c2cnc(C3(N)CCCC3)[nH]2)c(C)o1. The van der Waals surface area contributed by atoms with Crippen LogP contribution in [0.5, 0.6) is 0 Å². The smallest absolute Gasteiger partial charge is 0.126 e. The number of aromatic nitrogens is 2. The number of hydrogen-bond donors (Lipinski definition) is 2. The van der Waals surface area contributed by atoms with Gasteiger partial charge in [0.1, 0.15) is 17.3 Å². The Hall–Kier alpha value is -1.55. The van der Waals surface area contributed by atoms with E-state index in [0.29, 0.717) is 0 Å². The van der Waals surface area contributed by atoms with E-state index in [1.165, 1.54) is 12.8 Å². The van der Waals surface area contributed by atoms with Gasteiger partial charge in [-0.2, -0.15) is 0 Å². The molecule has 4 heteroatoms. The van der Waals surface area contributed by atoms with E-state index >= 15 is 0 Å². The van der Waals surface area contributed by atoms with Gasteiger partial charge in [-0.3, -0.25) is 0 Å². The molecule has 0 aromatic carbocycles. The van der Waals surface area contributed by atoms with Crippen molar-refractivity contribution in [1.82, 2.24) is 9.97 Å². The monoisotopic (exact) mass is 245 g/mol. The lowest BCUT2D eigenvalue weighted by atomic mass is 9.99. The number of aromatic amines is 1. The Bertz CT molecular complexity index is 561. The van der Waals surface area contributed by atoms with E-state index in [9.17, 15) is 0 Å². The number of hydrogen-bond acceptors (Lipinski definition) is 3. The second kappa shape index (κ2) is 3.99. The van der Waals surface area contributed by atoms with Crippen LogP contribution in [0.15, 0.2) is 16.7 Å². The van der Waals surface area contributed by atoms with Crippen LogP contribution in [0.25, 0.3) is 11.3 Å². The van der Waals surface area contributed by atoms with Gasteiger partial charge in [0.2, 0.25) is 0 Å². The molecule has 2 aromatic rings. The Morgan fingerprint density at radius 1 is 1.33 bits per heavy atom. The van der Waals surface area contributed by atoms with Gasteiger partial charge in [-0.25, -0.2) is 4.98 Å². The quantitative estimate of drug-likeness (QED) is 0.854. The molecule has 0 radical (unpaired) electrons. The Balaban J connectivity index is 1.96. The maximum absolute atomic E-state index is 6.40. The van der Waals surface area contributed by atoms with Gasteiger partial charge in [0.05, 0.1) is 17.4 Å². The maximum Gasteiger partial charge on any atom is 0.126 e. The highest BCUT2D eigenvalue weighted by Gasteiger charge is 2.34. The van der Waals surface area contributed by atoms with Crippen molar-refractivity contribution in [3.8, 4) is 11.3 Å². The summed E-state index contributed by atoms with van der Waals surface area (Å²) in [6.45, 7) is 3.92. The van der Waals surface area contributed by atoms with Crippen molar-refractivity contribution in [2.45, 2.75) is 45.1 Å². The molecule has 0 bridgehead atoms. The van der Waals surface area contributed by atoms with E-state index in [0.717, 1.165) is 41.4 Å². The third-order valence-electron chi connectivity index (χ3n) is 3.87. The molecule has 96 valence electrons. The third-order valence-corrected chi connectivity index (χ3v) is 3.87. The predicted octanol–water partition coefficient (Wildman–Crippen LogP) is 3.01. The van der Waals surface area contributed by atoms with E-state index in [1.807, 2.05) is 26.1 Å². The molecule has 3 N–H and O–H groups in total. The van der Waals surface area contributed by atoms with Crippen molar-refractivity contribution in [1.29, 1.82) is 0 Å². The molecule has 2 heterocycles. The molecule has 18 heavy (non-hydrogen) atoms. The minimum Gasteiger partial charge on any atom is -0.466 e. The molecular formula is C14H19N3O. The normalized spacial score (nSPS) is 18.4. The van der Waals surface area contributed by atoms with Gasteiger partial charge in [-0.1, -0.05) is 12.8 Å². The number of nitrogens with zero attached hydrogens (tertiary/aromatic N) is 1. The first kappa shape index (κ1) is 11.5. The zero-order valence-corrected chi connectivity index (χ0v) is 10.9. The molecule has 1 fully saturated rings. The van der Waals surface area contributed by atoms with Gasteiger partial charge in [0.15, 0.2) is 0 Å². The first-order chi connectivity index (χ1) is 8.58. The van der Waals surface area contributed by atoms with Crippen LogP contribution in [0.3, 0.4) is 0 Å². The average Bonchev–Trinajstić information content (AvgIpc) is 2.99. The number of imidazole rings is 1. The molecule has 1 aliphatic rings. The van der Waals surface area contributed by atoms with Gasteiger partial charge >= 0.3 is 0 Å².